The SMILES string of the molecule is Cc1cccc(C)c1-c1cc2nc(n1)NS(=O)(=O)c1cccc(c1)C(=O)N(Cc1cncc(N(C)[C@@H]3CC[C@H]3C)n1)[C@H](CC(C)(C)C)CO2. The van der Waals surface area contributed by atoms with E-state index in [4.69, 9.17) is 9.72 Å². The number of nitrogens with zero attached hydrogens (tertiary/aromatic N) is 6. The summed E-state index contributed by atoms with van der Waals surface area (Å²) in [7, 11) is -2.14. The van der Waals surface area contributed by atoms with Gasteiger partial charge in [0.2, 0.25) is 11.8 Å². The average Bonchev–Trinajstić information content (AvgIpc) is 3.03. The van der Waals surface area contributed by atoms with Crippen molar-refractivity contribution < 1.29 is 17.9 Å². The third-order valence-electron chi connectivity index (χ3n) is 9.47. The zero-order valence-corrected chi connectivity index (χ0v) is 30.1. The number of benzene rings is 2. The first kappa shape index (κ1) is 34.3. The van der Waals surface area contributed by atoms with Crippen LogP contribution in [0.25, 0.3) is 11.3 Å². The van der Waals surface area contributed by atoms with Crippen molar-refractivity contribution in [1.29, 1.82) is 0 Å². The first-order chi connectivity index (χ1) is 23.2. The first-order valence-electron chi connectivity index (χ1n) is 16.7. The molecule has 3 heterocycles. The standard InChI is InChI=1S/C37H45N7O4S/c1-23-14-15-31(23)43(7)32-20-38-19-27(39-32)21-44-28(18-37(4,5)6)22-48-33-17-30(34-24(2)10-8-11-25(34)3)40-36(41-33)42-49(46,47)29-13-9-12-26(16-29)35(44)45/h8-13,16-17,19-20,23,28,31H,14-15,18,21-22H2,1-7H3,(H,40,41,42)/t23-,28-,31-/m1/s1. The van der Waals surface area contributed by atoms with Gasteiger partial charge in [0.25, 0.3) is 15.9 Å². The molecular weight excluding hydrogens is 639 g/mol. The molecule has 2 aromatic carbocycles. The summed E-state index contributed by atoms with van der Waals surface area (Å²) in [6.07, 6.45) is 6.31. The number of carbonyl (C=O) groups excluding carboxylic acids is 1. The maximum atomic E-state index is 14.5. The van der Waals surface area contributed by atoms with Crippen LogP contribution in [0.15, 0.2) is 65.8 Å². The molecule has 1 aliphatic heterocycles. The highest BCUT2D eigenvalue weighted by molar-refractivity contribution is 7.92. The van der Waals surface area contributed by atoms with Crippen LogP contribution in [-0.4, -0.2) is 64.9 Å². The average molecular weight is 684 g/mol. The van der Waals surface area contributed by atoms with Crippen LogP contribution in [0.5, 0.6) is 5.88 Å². The summed E-state index contributed by atoms with van der Waals surface area (Å²) in [5.41, 5.74) is 4.01. The minimum absolute atomic E-state index is 0.0773. The van der Waals surface area contributed by atoms with Crippen LogP contribution < -0.4 is 14.4 Å². The van der Waals surface area contributed by atoms with Crippen LogP contribution in [0.1, 0.15) is 74.1 Å². The zero-order valence-electron chi connectivity index (χ0n) is 29.3. The highest BCUT2D eigenvalue weighted by Crippen LogP contribution is 2.34. The van der Waals surface area contributed by atoms with Gasteiger partial charge < -0.3 is 14.5 Å². The van der Waals surface area contributed by atoms with E-state index in [1.54, 1.807) is 35.5 Å². The van der Waals surface area contributed by atoms with Gasteiger partial charge in [-0.2, -0.15) is 4.98 Å². The van der Waals surface area contributed by atoms with Gasteiger partial charge in [0.15, 0.2) is 0 Å². The fourth-order valence-corrected chi connectivity index (χ4v) is 7.75. The molecule has 12 heteroatoms. The predicted octanol–water partition coefficient (Wildman–Crippen LogP) is 6.43. The fourth-order valence-electron chi connectivity index (χ4n) is 6.76. The van der Waals surface area contributed by atoms with Gasteiger partial charge in [-0.1, -0.05) is 52.0 Å². The summed E-state index contributed by atoms with van der Waals surface area (Å²) in [5.74, 6) is 1.06. The number of aryl methyl sites for hydroxylation is 2. The van der Waals surface area contributed by atoms with Gasteiger partial charge in [-0.25, -0.2) is 23.1 Å². The molecule has 6 rings (SSSR count). The molecular formula is C37H45N7O4S. The maximum Gasteiger partial charge on any atom is 0.264 e. The van der Waals surface area contributed by atoms with Crippen LogP contribution in [0, 0.1) is 25.2 Å². The monoisotopic (exact) mass is 683 g/mol. The number of amides is 1. The van der Waals surface area contributed by atoms with Gasteiger partial charge in [0.05, 0.1) is 41.3 Å². The molecule has 2 aliphatic rings. The van der Waals surface area contributed by atoms with Crippen molar-refractivity contribution in [3.05, 3.63) is 83.3 Å². The van der Waals surface area contributed by atoms with E-state index in [1.165, 1.54) is 18.6 Å². The van der Waals surface area contributed by atoms with Gasteiger partial charge >= 0.3 is 0 Å². The molecule has 1 N–H and O–H groups in total. The van der Waals surface area contributed by atoms with Crippen LogP contribution in [-0.2, 0) is 16.6 Å². The lowest BCUT2D eigenvalue weighted by molar-refractivity contribution is 0.0509. The minimum atomic E-state index is -4.17. The molecule has 4 bridgehead atoms. The number of hydrogen-bond acceptors (Lipinski definition) is 9. The molecule has 0 spiro atoms. The molecule has 11 nitrogen and oxygen atoms in total. The Hall–Kier alpha value is -4.58. The summed E-state index contributed by atoms with van der Waals surface area (Å²) < 4.78 is 36.4. The smallest absolute Gasteiger partial charge is 0.264 e. The van der Waals surface area contributed by atoms with E-state index >= 15 is 0 Å². The normalized spacial score (nSPS) is 20.5. The van der Waals surface area contributed by atoms with E-state index in [0.717, 1.165) is 28.9 Å². The van der Waals surface area contributed by atoms with Crippen molar-refractivity contribution in [1.82, 2.24) is 24.8 Å². The lowest BCUT2D eigenvalue weighted by atomic mass is 9.80. The predicted molar refractivity (Wildman–Crippen MR) is 190 cm³/mol. The number of rotatable bonds is 6. The van der Waals surface area contributed by atoms with E-state index in [2.05, 4.69) is 52.3 Å². The van der Waals surface area contributed by atoms with Gasteiger partial charge in [-0.3, -0.25) is 9.78 Å². The minimum Gasteiger partial charge on any atom is -0.475 e. The topological polar surface area (TPSA) is 131 Å². The number of sulfonamides is 1. The van der Waals surface area contributed by atoms with E-state index in [-0.39, 0.29) is 46.8 Å². The number of nitrogens with one attached hydrogen (secondary N) is 1. The van der Waals surface area contributed by atoms with Crippen molar-refractivity contribution in [2.75, 3.05) is 23.3 Å². The van der Waals surface area contributed by atoms with E-state index in [0.29, 0.717) is 29.8 Å². The van der Waals surface area contributed by atoms with E-state index in [1.807, 2.05) is 39.1 Å². The molecule has 49 heavy (non-hydrogen) atoms. The molecule has 1 amide bonds. The van der Waals surface area contributed by atoms with Gasteiger partial charge in [0, 0.05) is 30.3 Å². The Labute approximate surface area is 289 Å². The van der Waals surface area contributed by atoms with Crippen molar-refractivity contribution >= 4 is 27.7 Å². The second-order valence-electron chi connectivity index (χ2n) is 14.6. The number of aromatic nitrogens is 4. The van der Waals surface area contributed by atoms with Crippen molar-refractivity contribution in [2.24, 2.45) is 11.3 Å². The van der Waals surface area contributed by atoms with E-state index < -0.39 is 16.1 Å². The molecule has 4 aromatic rings. The Morgan fingerprint density at radius 1 is 1.00 bits per heavy atom. The van der Waals surface area contributed by atoms with Crippen molar-refractivity contribution in [2.45, 2.75) is 84.3 Å². The van der Waals surface area contributed by atoms with Crippen LogP contribution in [0.4, 0.5) is 11.8 Å². The maximum absolute atomic E-state index is 14.5. The zero-order chi connectivity index (χ0) is 35.1. The highest BCUT2D eigenvalue weighted by Gasteiger charge is 2.33. The largest absolute Gasteiger partial charge is 0.475 e. The molecule has 258 valence electrons. The number of fused-ring (bicyclic) bond motifs is 4. The van der Waals surface area contributed by atoms with Gasteiger partial charge in [-0.05, 0) is 73.8 Å². The van der Waals surface area contributed by atoms with Crippen LogP contribution >= 0.6 is 0 Å². The second-order valence-corrected chi connectivity index (χ2v) is 16.3. The summed E-state index contributed by atoms with van der Waals surface area (Å²) in [5, 5.41) is 0. The summed E-state index contributed by atoms with van der Waals surface area (Å²) in [4.78, 5) is 36.9. The van der Waals surface area contributed by atoms with Crippen LogP contribution in [0.2, 0.25) is 0 Å². The third-order valence-corrected chi connectivity index (χ3v) is 10.8. The Morgan fingerprint density at radius 3 is 2.41 bits per heavy atom. The molecule has 0 saturated heterocycles. The molecule has 1 saturated carbocycles. The first-order valence-corrected chi connectivity index (χ1v) is 18.2. The van der Waals surface area contributed by atoms with Crippen molar-refractivity contribution in [3.8, 4) is 17.1 Å². The number of carbonyl (C=O) groups is 1. The second kappa shape index (κ2) is 13.4. The Morgan fingerprint density at radius 2 is 1.73 bits per heavy atom. The third kappa shape index (κ3) is 7.54. The van der Waals surface area contributed by atoms with Gasteiger partial charge in [-0.15, -0.1) is 0 Å². The molecule has 1 fully saturated rings. The lowest BCUT2D eigenvalue weighted by Crippen LogP contribution is -2.46. The molecule has 0 unspecified atom stereocenters. The number of hydrogen-bond donors (Lipinski definition) is 1. The Balaban J connectivity index is 1.45. The Bertz CT molecular complexity index is 1960. The van der Waals surface area contributed by atoms with Gasteiger partial charge in [0.1, 0.15) is 12.4 Å². The highest BCUT2D eigenvalue weighted by atomic mass is 32.2. The Kier molecular flexibility index (Phi) is 9.36. The quantitative estimate of drug-likeness (QED) is 0.245. The lowest BCUT2D eigenvalue weighted by Gasteiger charge is -2.41. The summed E-state index contributed by atoms with van der Waals surface area (Å²) in [6, 6.07) is 13.7. The van der Waals surface area contributed by atoms with E-state index in [9.17, 15) is 13.2 Å². The summed E-state index contributed by atoms with van der Waals surface area (Å²) in [6.45, 7) is 12.8. The van der Waals surface area contributed by atoms with Crippen molar-refractivity contribution in [3.63, 3.8) is 0 Å². The van der Waals surface area contributed by atoms with Crippen LogP contribution in [0.3, 0.4) is 0 Å². The number of anilines is 2. The molecule has 0 radical (unpaired) electrons. The molecule has 3 atom stereocenters. The molecule has 2 aromatic heterocycles. The molecule has 1 aliphatic carbocycles. The summed E-state index contributed by atoms with van der Waals surface area (Å²) >= 11 is 0. The number of ether oxygens (including phenoxy) is 1. The fraction of sp³-hybridized carbons (Fsp3) is 0.432.